The Morgan fingerprint density at radius 2 is 1.90 bits per heavy atom. The van der Waals surface area contributed by atoms with Crippen molar-refractivity contribution < 1.29 is 13.2 Å². The third-order valence-corrected chi connectivity index (χ3v) is 7.25. The molecular weight excluding hydrogens is 390 g/mol. The number of carbonyl (C=O) groups is 1. The van der Waals surface area contributed by atoms with Crippen LogP contribution < -0.4 is 16.0 Å². The maximum Gasteiger partial charge on any atom is 0.319 e. The van der Waals surface area contributed by atoms with Crippen LogP contribution in [0.5, 0.6) is 0 Å². The quantitative estimate of drug-likeness (QED) is 0.498. The van der Waals surface area contributed by atoms with E-state index < -0.39 is 14.6 Å². The average Bonchev–Trinajstić information content (AvgIpc) is 2.61. The minimum absolute atomic E-state index is 0.0721. The molecule has 0 unspecified atom stereocenters. The zero-order chi connectivity index (χ0) is 21.7. The van der Waals surface area contributed by atoms with E-state index in [2.05, 4.69) is 20.9 Å². The number of anilines is 1. The number of hydrogen-bond donors (Lipinski definition) is 3. The summed E-state index contributed by atoms with van der Waals surface area (Å²) in [5.74, 6) is 0.845. The Labute approximate surface area is 174 Å². The van der Waals surface area contributed by atoms with E-state index in [0.29, 0.717) is 37.8 Å². The van der Waals surface area contributed by atoms with Crippen LogP contribution in [0.2, 0.25) is 0 Å². The van der Waals surface area contributed by atoms with E-state index in [1.54, 1.807) is 13.8 Å². The summed E-state index contributed by atoms with van der Waals surface area (Å²) in [4.78, 5) is 18.5. The van der Waals surface area contributed by atoms with Crippen LogP contribution in [0.25, 0.3) is 0 Å². The van der Waals surface area contributed by atoms with Crippen LogP contribution in [0.3, 0.4) is 0 Å². The van der Waals surface area contributed by atoms with Gasteiger partial charge in [-0.25, -0.2) is 18.2 Å². The van der Waals surface area contributed by atoms with Crippen molar-refractivity contribution in [2.24, 2.45) is 4.99 Å². The lowest BCUT2D eigenvalue weighted by Gasteiger charge is -2.39. The molecule has 1 aromatic rings. The summed E-state index contributed by atoms with van der Waals surface area (Å²) in [6.45, 7) is 11.3. The number of sulfone groups is 1. The molecule has 29 heavy (non-hydrogen) atoms. The second-order valence-electron chi connectivity index (χ2n) is 8.12. The van der Waals surface area contributed by atoms with Gasteiger partial charge in [0, 0.05) is 31.4 Å². The van der Waals surface area contributed by atoms with Crippen molar-refractivity contribution in [2.45, 2.75) is 52.0 Å². The summed E-state index contributed by atoms with van der Waals surface area (Å²) >= 11 is 0. The Morgan fingerprint density at radius 3 is 2.45 bits per heavy atom. The fourth-order valence-electron chi connectivity index (χ4n) is 3.04. The molecule has 1 saturated heterocycles. The first-order valence-electron chi connectivity index (χ1n) is 9.96. The molecule has 3 N–H and O–H groups in total. The normalized spacial score (nSPS) is 18.4. The Hall–Kier alpha value is -2.29. The molecule has 9 heteroatoms. The zero-order valence-corrected chi connectivity index (χ0v) is 18.8. The largest absolute Gasteiger partial charge is 0.357 e. The lowest BCUT2D eigenvalue weighted by Crippen LogP contribution is -2.57. The van der Waals surface area contributed by atoms with Crippen molar-refractivity contribution in [3.63, 3.8) is 0 Å². The molecule has 0 bridgehead atoms. The van der Waals surface area contributed by atoms with Gasteiger partial charge in [-0.15, -0.1) is 0 Å². The van der Waals surface area contributed by atoms with Gasteiger partial charge < -0.3 is 20.9 Å². The summed E-state index contributed by atoms with van der Waals surface area (Å²) in [5, 5.41) is 8.83. The van der Waals surface area contributed by atoms with Crippen LogP contribution in [0.4, 0.5) is 10.5 Å². The second kappa shape index (κ2) is 9.47. The molecule has 1 heterocycles. The molecule has 1 aliphatic rings. The number of carbonyl (C=O) groups excluding carboxylic acids is 1. The maximum atomic E-state index is 12.3. The number of nitrogens with zero attached hydrogens (tertiary/aromatic N) is 2. The van der Waals surface area contributed by atoms with Gasteiger partial charge in [0.25, 0.3) is 0 Å². The molecular formula is C20H33N5O3S. The highest BCUT2D eigenvalue weighted by Gasteiger charge is 2.40. The molecule has 1 aromatic carbocycles. The molecule has 0 radical (unpaired) electrons. The number of amides is 2. The highest BCUT2D eigenvalue weighted by atomic mass is 32.2. The Bertz CT molecular complexity index is 832. The summed E-state index contributed by atoms with van der Waals surface area (Å²) in [7, 11) is -3.10. The number of rotatable bonds is 5. The predicted molar refractivity (Wildman–Crippen MR) is 118 cm³/mol. The molecule has 162 valence electrons. The highest BCUT2D eigenvalue weighted by molar-refractivity contribution is 7.92. The minimum atomic E-state index is -3.10. The summed E-state index contributed by atoms with van der Waals surface area (Å²) < 4.78 is 23.7. The van der Waals surface area contributed by atoms with E-state index in [0.717, 1.165) is 5.56 Å². The van der Waals surface area contributed by atoms with E-state index in [1.807, 2.05) is 49.9 Å². The zero-order valence-electron chi connectivity index (χ0n) is 17.9. The lowest BCUT2D eigenvalue weighted by molar-refractivity contribution is 0.250. The first-order valence-corrected chi connectivity index (χ1v) is 11.6. The van der Waals surface area contributed by atoms with Crippen LogP contribution in [-0.2, 0) is 16.4 Å². The van der Waals surface area contributed by atoms with Crippen LogP contribution in [0, 0.1) is 0 Å². The minimum Gasteiger partial charge on any atom is -0.357 e. The average molecular weight is 424 g/mol. The van der Waals surface area contributed by atoms with Gasteiger partial charge >= 0.3 is 6.03 Å². The number of nitrogens with one attached hydrogen (secondary N) is 3. The second-order valence-corrected chi connectivity index (χ2v) is 10.9. The van der Waals surface area contributed by atoms with E-state index >= 15 is 0 Å². The Balaban J connectivity index is 2.04. The Morgan fingerprint density at radius 1 is 1.24 bits per heavy atom. The molecule has 0 saturated carbocycles. The van der Waals surface area contributed by atoms with Gasteiger partial charge in [0.1, 0.15) is 0 Å². The number of urea groups is 1. The van der Waals surface area contributed by atoms with E-state index in [-0.39, 0.29) is 17.8 Å². The molecule has 0 atom stereocenters. The van der Waals surface area contributed by atoms with Crippen molar-refractivity contribution in [1.29, 1.82) is 0 Å². The van der Waals surface area contributed by atoms with Crippen molar-refractivity contribution in [3.8, 4) is 0 Å². The van der Waals surface area contributed by atoms with Gasteiger partial charge in [-0.1, -0.05) is 12.1 Å². The number of aliphatic imine (C=N–C) groups is 1. The molecule has 0 spiro atoms. The maximum absolute atomic E-state index is 12.3. The molecule has 8 nitrogen and oxygen atoms in total. The first-order chi connectivity index (χ1) is 13.5. The number of benzene rings is 1. The third kappa shape index (κ3) is 6.35. The lowest BCUT2D eigenvalue weighted by atomic mass is 10.2. The standard InChI is InChI=1S/C20H33N5O3S/c1-6-21-18(25-11-12-29(27,28)20(4,5)14-25)22-13-16-7-9-17(10-8-16)24-19(26)23-15(2)3/h7-10,15H,6,11-14H2,1-5H3,(H,21,22)(H2,23,24,26). The molecule has 2 rings (SSSR count). The van der Waals surface area contributed by atoms with Crippen molar-refractivity contribution in [1.82, 2.24) is 15.5 Å². The van der Waals surface area contributed by atoms with Crippen molar-refractivity contribution in [3.05, 3.63) is 29.8 Å². The van der Waals surface area contributed by atoms with Crippen LogP contribution in [-0.4, -0.2) is 61.5 Å². The van der Waals surface area contributed by atoms with E-state index in [4.69, 9.17) is 0 Å². The third-order valence-electron chi connectivity index (χ3n) is 4.72. The van der Waals surface area contributed by atoms with Gasteiger partial charge in [-0.05, 0) is 52.3 Å². The summed E-state index contributed by atoms with van der Waals surface area (Å²) in [6, 6.07) is 7.36. The fourth-order valence-corrected chi connectivity index (χ4v) is 4.41. The number of hydrogen-bond acceptors (Lipinski definition) is 4. The van der Waals surface area contributed by atoms with Crippen LogP contribution >= 0.6 is 0 Å². The monoisotopic (exact) mass is 423 g/mol. The van der Waals surface area contributed by atoms with Crippen LogP contribution in [0.1, 0.15) is 40.2 Å². The smallest absolute Gasteiger partial charge is 0.319 e. The van der Waals surface area contributed by atoms with Crippen LogP contribution in [0.15, 0.2) is 29.3 Å². The van der Waals surface area contributed by atoms with Gasteiger partial charge in [0.15, 0.2) is 15.8 Å². The molecule has 1 fully saturated rings. The van der Waals surface area contributed by atoms with Gasteiger partial charge in [0.2, 0.25) is 0 Å². The van der Waals surface area contributed by atoms with E-state index in [9.17, 15) is 13.2 Å². The van der Waals surface area contributed by atoms with Crippen molar-refractivity contribution >= 4 is 27.5 Å². The highest BCUT2D eigenvalue weighted by Crippen LogP contribution is 2.23. The van der Waals surface area contributed by atoms with E-state index in [1.165, 1.54) is 0 Å². The predicted octanol–water partition coefficient (Wildman–Crippen LogP) is 2.19. The van der Waals surface area contributed by atoms with Gasteiger partial charge in [-0.3, -0.25) is 0 Å². The Kier molecular flexibility index (Phi) is 7.51. The van der Waals surface area contributed by atoms with Gasteiger partial charge in [0.05, 0.1) is 17.0 Å². The fraction of sp³-hybridized carbons (Fsp3) is 0.600. The first kappa shape index (κ1) is 23.0. The molecule has 0 aromatic heterocycles. The van der Waals surface area contributed by atoms with Gasteiger partial charge in [-0.2, -0.15) is 0 Å². The SMILES string of the molecule is CCNC(=NCc1ccc(NC(=O)NC(C)C)cc1)N1CCS(=O)(=O)C(C)(C)C1. The number of guanidine groups is 1. The summed E-state index contributed by atoms with van der Waals surface area (Å²) in [6.07, 6.45) is 0. The molecule has 1 aliphatic heterocycles. The summed E-state index contributed by atoms with van der Waals surface area (Å²) in [5.41, 5.74) is 1.71. The topological polar surface area (TPSA) is 103 Å². The molecule has 2 amide bonds. The van der Waals surface area contributed by atoms with Crippen molar-refractivity contribution in [2.75, 3.05) is 30.7 Å². The molecule has 0 aliphatic carbocycles.